The molecule has 0 radical (unpaired) electrons. The van der Waals surface area contributed by atoms with Gasteiger partial charge in [0.15, 0.2) is 0 Å². The van der Waals surface area contributed by atoms with Crippen molar-refractivity contribution in [3.8, 4) is 0 Å². The van der Waals surface area contributed by atoms with Gasteiger partial charge in [-0.1, -0.05) is 0 Å². The highest BCUT2D eigenvalue weighted by Gasteiger charge is 2.38. The lowest BCUT2D eigenvalue weighted by Gasteiger charge is -2.41. The van der Waals surface area contributed by atoms with Gasteiger partial charge in [0.25, 0.3) is 0 Å². The third kappa shape index (κ3) is 10.2. The van der Waals surface area contributed by atoms with E-state index in [4.69, 9.17) is 30.1 Å². The monoisotopic (exact) mass is 611 g/mol. The van der Waals surface area contributed by atoms with E-state index >= 15 is 0 Å². The number of amides is 2. The molecular weight excluding hydrogens is 562 g/mol. The minimum absolute atomic E-state index is 0.0505. The van der Waals surface area contributed by atoms with Crippen molar-refractivity contribution in [1.82, 2.24) is 24.5 Å². The zero-order chi connectivity index (χ0) is 31.7. The predicted octanol–water partition coefficient (Wildman–Crippen LogP) is 0.167. The van der Waals surface area contributed by atoms with Crippen LogP contribution in [0, 0.1) is 5.41 Å². The Labute approximate surface area is 253 Å². The zero-order valence-corrected chi connectivity index (χ0v) is 26.2. The molecule has 0 spiro atoms. The van der Waals surface area contributed by atoms with Crippen molar-refractivity contribution in [2.24, 2.45) is 5.73 Å². The van der Waals surface area contributed by atoms with Crippen molar-refractivity contribution in [3.63, 3.8) is 0 Å². The van der Waals surface area contributed by atoms with E-state index in [-0.39, 0.29) is 37.7 Å². The molecule has 3 fully saturated rings. The van der Waals surface area contributed by atoms with Gasteiger partial charge in [0.2, 0.25) is 0 Å². The summed E-state index contributed by atoms with van der Waals surface area (Å²) in [6, 6.07) is -1.28. The maximum atomic E-state index is 12.6. The fraction of sp³-hybridized carbons (Fsp3) is 0.821. The van der Waals surface area contributed by atoms with Gasteiger partial charge < -0.3 is 29.6 Å². The largest absolute Gasteiger partial charge is 0.466 e. The minimum atomic E-state index is -0.686. The smallest absolute Gasteiger partial charge is 0.411 e. The highest BCUT2D eigenvalue weighted by atomic mass is 16.6. The van der Waals surface area contributed by atoms with Crippen LogP contribution in [0.5, 0.6) is 0 Å². The Hall–Kier alpha value is -3.17. The van der Waals surface area contributed by atoms with Gasteiger partial charge in [-0.25, -0.2) is 9.59 Å². The minimum Gasteiger partial charge on any atom is -0.466 e. The van der Waals surface area contributed by atoms with Crippen LogP contribution in [0.1, 0.15) is 41.0 Å². The summed E-state index contributed by atoms with van der Waals surface area (Å²) < 4.78 is 21.4. The lowest BCUT2D eigenvalue weighted by molar-refractivity contribution is -0.157. The molecule has 3 unspecified atom stereocenters. The number of carbonyl (C=O) groups is 4. The molecule has 15 nitrogen and oxygen atoms in total. The third-order valence-electron chi connectivity index (χ3n) is 7.62. The first-order valence-electron chi connectivity index (χ1n) is 15.1. The Morgan fingerprint density at radius 1 is 0.977 bits per heavy atom. The summed E-state index contributed by atoms with van der Waals surface area (Å²) in [7, 11) is 0. The summed E-state index contributed by atoms with van der Waals surface area (Å²) in [5.41, 5.74) is 5.18. The van der Waals surface area contributed by atoms with Crippen LogP contribution in [0.4, 0.5) is 9.59 Å². The van der Waals surface area contributed by atoms with Crippen molar-refractivity contribution < 1.29 is 38.1 Å². The van der Waals surface area contributed by atoms with Crippen molar-refractivity contribution in [1.29, 1.82) is 5.41 Å². The molecule has 3 saturated heterocycles. The highest BCUT2D eigenvalue weighted by molar-refractivity contribution is 5.87. The summed E-state index contributed by atoms with van der Waals surface area (Å²) in [4.78, 5) is 59.3. The lowest BCUT2D eigenvalue weighted by Crippen LogP contribution is -2.61. The number of nitrogens with zero attached hydrogens (tertiary/aromatic N) is 5. The Bertz CT molecular complexity index is 998. The number of nitrogens with two attached hydrogens (primary N) is 1. The first kappa shape index (κ1) is 34.3. The third-order valence-corrected chi connectivity index (χ3v) is 7.62. The molecule has 3 N–H and O–H groups in total. The van der Waals surface area contributed by atoms with Gasteiger partial charge in [0, 0.05) is 65.4 Å². The first-order valence-corrected chi connectivity index (χ1v) is 15.1. The second kappa shape index (κ2) is 15.5. The normalized spacial score (nSPS) is 23.0. The van der Waals surface area contributed by atoms with Crippen LogP contribution in [0.2, 0.25) is 0 Å². The molecule has 0 aliphatic carbocycles. The van der Waals surface area contributed by atoms with Gasteiger partial charge in [0.05, 0.1) is 26.2 Å². The second-order valence-electron chi connectivity index (χ2n) is 12.0. The first-order chi connectivity index (χ1) is 20.3. The van der Waals surface area contributed by atoms with Gasteiger partial charge in [-0.3, -0.25) is 34.6 Å². The van der Waals surface area contributed by atoms with Crippen LogP contribution < -0.4 is 5.73 Å². The molecule has 3 aliphatic heterocycles. The quantitative estimate of drug-likeness (QED) is 0.133. The van der Waals surface area contributed by atoms with E-state index in [1.807, 2.05) is 4.90 Å². The summed E-state index contributed by atoms with van der Waals surface area (Å²) in [5, 5.41) is 8.00. The van der Waals surface area contributed by atoms with Crippen LogP contribution >= 0.6 is 0 Å². The zero-order valence-electron chi connectivity index (χ0n) is 26.2. The van der Waals surface area contributed by atoms with E-state index in [1.165, 1.54) is 4.90 Å². The lowest BCUT2D eigenvalue weighted by atomic mass is 10.1. The predicted molar refractivity (Wildman–Crippen MR) is 157 cm³/mol. The van der Waals surface area contributed by atoms with E-state index < -0.39 is 35.7 Å². The number of hydrogen-bond acceptors (Lipinski definition) is 12. The van der Waals surface area contributed by atoms with Gasteiger partial charge in [-0.05, 0) is 34.6 Å². The fourth-order valence-corrected chi connectivity index (χ4v) is 5.49. The molecule has 3 atom stereocenters. The SMILES string of the molecule is CCOC(=O)CC(C(=O)OCC)N1CCN(CC2CN(CCN3CCN(C(=O)OC(C)(C)C)C(C(=N)N)C3)C(=O)O2)CC1. The summed E-state index contributed by atoms with van der Waals surface area (Å²) in [6.07, 6.45) is -1.19. The summed E-state index contributed by atoms with van der Waals surface area (Å²) >= 11 is 0. The number of rotatable bonds is 12. The summed E-state index contributed by atoms with van der Waals surface area (Å²) in [6.45, 7) is 15.1. The number of nitrogens with one attached hydrogen (secondary N) is 1. The van der Waals surface area contributed by atoms with E-state index in [2.05, 4.69) is 9.80 Å². The van der Waals surface area contributed by atoms with Crippen molar-refractivity contribution in [2.75, 3.05) is 85.2 Å². The number of amidine groups is 1. The molecule has 0 aromatic heterocycles. The Balaban J connectivity index is 1.45. The molecule has 43 heavy (non-hydrogen) atoms. The molecule has 0 aromatic rings. The van der Waals surface area contributed by atoms with E-state index in [0.717, 1.165) is 0 Å². The number of cyclic esters (lactones) is 1. The molecule has 0 aromatic carbocycles. The van der Waals surface area contributed by atoms with E-state index in [1.54, 1.807) is 39.5 Å². The van der Waals surface area contributed by atoms with Gasteiger partial charge in [0.1, 0.15) is 29.6 Å². The number of hydrogen-bond donors (Lipinski definition) is 2. The molecular formula is C28H49N7O8. The van der Waals surface area contributed by atoms with Crippen LogP contribution in [0.15, 0.2) is 0 Å². The number of ether oxygens (including phenoxy) is 4. The van der Waals surface area contributed by atoms with Crippen molar-refractivity contribution in [3.05, 3.63) is 0 Å². The molecule has 0 bridgehead atoms. The van der Waals surface area contributed by atoms with Crippen LogP contribution in [0.25, 0.3) is 0 Å². The Morgan fingerprint density at radius 3 is 2.23 bits per heavy atom. The van der Waals surface area contributed by atoms with Gasteiger partial charge in [-0.2, -0.15) is 0 Å². The molecule has 244 valence electrons. The van der Waals surface area contributed by atoms with Crippen LogP contribution in [-0.4, -0.2) is 163 Å². The van der Waals surface area contributed by atoms with E-state index in [0.29, 0.717) is 72.0 Å². The topological polar surface area (TPSA) is 171 Å². The second-order valence-corrected chi connectivity index (χ2v) is 12.0. The van der Waals surface area contributed by atoms with Crippen LogP contribution in [0.3, 0.4) is 0 Å². The standard InChI is InChI=1S/C28H49N7O8/c1-6-40-23(36)16-21(25(37)41-7-2)33-12-8-31(9-13-33)17-20-18-34(26(38)42-20)14-10-32-11-15-35(22(19-32)24(29)30)27(39)43-28(3,4)5/h20-22H,6-19H2,1-5H3,(H3,29,30). The van der Waals surface area contributed by atoms with Gasteiger partial charge >= 0.3 is 24.1 Å². The van der Waals surface area contributed by atoms with Crippen LogP contribution in [-0.2, 0) is 28.5 Å². The highest BCUT2D eigenvalue weighted by Crippen LogP contribution is 2.19. The number of esters is 2. The average molecular weight is 612 g/mol. The molecule has 0 saturated carbocycles. The molecule has 3 rings (SSSR count). The molecule has 3 heterocycles. The number of carbonyl (C=O) groups excluding carboxylic acids is 4. The Morgan fingerprint density at radius 2 is 1.63 bits per heavy atom. The van der Waals surface area contributed by atoms with E-state index in [9.17, 15) is 19.2 Å². The molecule has 3 aliphatic rings. The van der Waals surface area contributed by atoms with Crippen molar-refractivity contribution in [2.45, 2.75) is 64.8 Å². The number of piperazine rings is 2. The fourth-order valence-electron chi connectivity index (χ4n) is 5.49. The molecule has 2 amide bonds. The maximum absolute atomic E-state index is 12.6. The maximum Gasteiger partial charge on any atom is 0.411 e. The van der Waals surface area contributed by atoms with Crippen molar-refractivity contribution >= 4 is 30.0 Å². The summed E-state index contributed by atoms with van der Waals surface area (Å²) in [5.74, 6) is -0.960. The Kier molecular flexibility index (Phi) is 12.4. The van der Waals surface area contributed by atoms with Gasteiger partial charge in [-0.15, -0.1) is 0 Å². The molecule has 15 heteroatoms. The average Bonchev–Trinajstić information content (AvgIpc) is 3.28.